The van der Waals surface area contributed by atoms with Gasteiger partial charge in [0.25, 0.3) is 0 Å². The molecular formula is C18H29NO5. The van der Waals surface area contributed by atoms with Crippen molar-refractivity contribution in [1.82, 2.24) is 4.90 Å². The van der Waals surface area contributed by atoms with Crippen LogP contribution in [-0.4, -0.2) is 47.5 Å². The maximum atomic E-state index is 12.6. The first kappa shape index (κ1) is 18.7. The van der Waals surface area contributed by atoms with Crippen LogP contribution < -0.4 is 0 Å². The zero-order valence-electron chi connectivity index (χ0n) is 15.2. The summed E-state index contributed by atoms with van der Waals surface area (Å²) in [6.45, 7) is 5.45. The molecule has 0 aromatic carbocycles. The lowest BCUT2D eigenvalue weighted by Gasteiger charge is -2.33. The van der Waals surface area contributed by atoms with E-state index in [4.69, 9.17) is 9.47 Å². The van der Waals surface area contributed by atoms with Crippen LogP contribution in [0.5, 0.6) is 0 Å². The van der Waals surface area contributed by atoms with Crippen molar-refractivity contribution in [2.45, 2.75) is 83.4 Å². The molecule has 1 heterocycles. The van der Waals surface area contributed by atoms with Gasteiger partial charge in [-0.05, 0) is 58.8 Å². The highest BCUT2D eigenvalue weighted by molar-refractivity contribution is 5.82. The largest absolute Gasteiger partial charge is 0.467 e. The molecule has 2 aliphatic rings. The molecule has 6 heteroatoms. The molecule has 1 aliphatic carbocycles. The van der Waals surface area contributed by atoms with Gasteiger partial charge in [0.1, 0.15) is 17.4 Å². The van der Waals surface area contributed by atoms with E-state index in [1.807, 2.05) is 20.8 Å². The lowest BCUT2D eigenvalue weighted by Crippen LogP contribution is -2.48. The third-order valence-corrected chi connectivity index (χ3v) is 4.85. The summed E-state index contributed by atoms with van der Waals surface area (Å²) in [6, 6.07) is -0.595. The van der Waals surface area contributed by atoms with Gasteiger partial charge in [-0.25, -0.2) is 9.59 Å². The summed E-state index contributed by atoms with van der Waals surface area (Å²) in [7, 11) is 1.34. The van der Waals surface area contributed by atoms with E-state index in [0.29, 0.717) is 31.0 Å². The van der Waals surface area contributed by atoms with Gasteiger partial charge in [0, 0.05) is 18.9 Å². The van der Waals surface area contributed by atoms with Crippen LogP contribution in [0.3, 0.4) is 0 Å². The lowest BCUT2D eigenvalue weighted by molar-refractivity contribution is -0.146. The number of carbonyl (C=O) groups is 3. The Kier molecular flexibility index (Phi) is 5.88. The highest BCUT2D eigenvalue weighted by Crippen LogP contribution is 2.35. The maximum Gasteiger partial charge on any atom is 0.411 e. The molecule has 1 aliphatic heterocycles. The fourth-order valence-electron chi connectivity index (χ4n) is 3.69. The zero-order chi connectivity index (χ0) is 17.9. The van der Waals surface area contributed by atoms with E-state index >= 15 is 0 Å². The van der Waals surface area contributed by atoms with E-state index < -0.39 is 17.7 Å². The van der Waals surface area contributed by atoms with Gasteiger partial charge in [-0.15, -0.1) is 0 Å². The second kappa shape index (κ2) is 7.53. The summed E-state index contributed by atoms with van der Waals surface area (Å²) in [5.41, 5.74) is -0.609. The zero-order valence-corrected chi connectivity index (χ0v) is 15.2. The molecule has 0 bridgehead atoms. The van der Waals surface area contributed by atoms with Crippen LogP contribution in [-0.2, 0) is 19.1 Å². The standard InChI is InChI=1S/C18H29NO5/c1-18(2,3)24-17(22)19-13(7-10-15(19)16(21)23-4)11-12-5-8-14(20)9-6-12/h12-13,15H,5-11H2,1-4H3/t13-,15+/m0/s1. The van der Waals surface area contributed by atoms with Gasteiger partial charge in [0.15, 0.2) is 0 Å². The van der Waals surface area contributed by atoms with Crippen molar-refractivity contribution in [2.75, 3.05) is 7.11 Å². The minimum atomic E-state index is -0.609. The van der Waals surface area contributed by atoms with Crippen molar-refractivity contribution in [2.24, 2.45) is 5.92 Å². The van der Waals surface area contributed by atoms with Gasteiger partial charge in [-0.3, -0.25) is 9.69 Å². The molecule has 0 aromatic rings. The number of likely N-dealkylation sites (tertiary alicyclic amines) is 1. The molecule has 2 rings (SSSR count). The average Bonchev–Trinajstić information content (AvgIpc) is 2.91. The first-order valence-electron chi connectivity index (χ1n) is 8.82. The molecule has 24 heavy (non-hydrogen) atoms. The molecule has 0 spiro atoms. The number of esters is 1. The quantitative estimate of drug-likeness (QED) is 0.739. The molecule has 2 fully saturated rings. The van der Waals surface area contributed by atoms with Gasteiger partial charge in [0.05, 0.1) is 7.11 Å². The molecule has 6 nitrogen and oxygen atoms in total. The summed E-state index contributed by atoms with van der Waals surface area (Å²) < 4.78 is 10.4. The number of methoxy groups -OCH3 is 1. The molecule has 1 saturated heterocycles. The number of hydrogen-bond acceptors (Lipinski definition) is 5. The Balaban J connectivity index is 2.08. The van der Waals surface area contributed by atoms with Gasteiger partial charge in [0.2, 0.25) is 0 Å². The first-order valence-corrected chi connectivity index (χ1v) is 8.82. The van der Waals surface area contributed by atoms with Gasteiger partial charge in [-0.2, -0.15) is 0 Å². The minimum absolute atomic E-state index is 0.0258. The van der Waals surface area contributed by atoms with Crippen molar-refractivity contribution >= 4 is 17.8 Å². The van der Waals surface area contributed by atoms with Gasteiger partial charge >= 0.3 is 12.1 Å². The molecule has 0 N–H and O–H groups in total. The Labute approximate surface area is 143 Å². The molecule has 0 unspecified atom stereocenters. The van der Waals surface area contributed by atoms with E-state index in [1.54, 1.807) is 4.90 Å². The highest BCUT2D eigenvalue weighted by atomic mass is 16.6. The van der Waals surface area contributed by atoms with Crippen LogP contribution in [0.15, 0.2) is 0 Å². The molecule has 2 atom stereocenters. The predicted octanol–water partition coefficient (Wildman–Crippen LogP) is 3.08. The second-order valence-electron chi connectivity index (χ2n) is 7.88. The summed E-state index contributed by atoms with van der Waals surface area (Å²) in [6.07, 6.45) is 4.74. The van der Waals surface area contributed by atoms with E-state index in [9.17, 15) is 14.4 Å². The Morgan fingerprint density at radius 3 is 2.29 bits per heavy atom. The molecular weight excluding hydrogens is 310 g/mol. The van der Waals surface area contributed by atoms with E-state index in [0.717, 1.165) is 25.7 Å². The summed E-state index contributed by atoms with van der Waals surface area (Å²) >= 11 is 0. The number of amides is 1. The SMILES string of the molecule is COC(=O)[C@H]1CC[C@@H](CC2CCC(=O)CC2)N1C(=O)OC(C)(C)C. The number of hydrogen-bond donors (Lipinski definition) is 0. The minimum Gasteiger partial charge on any atom is -0.467 e. The third kappa shape index (κ3) is 4.71. The summed E-state index contributed by atoms with van der Waals surface area (Å²) in [5, 5.41) is 0. The van der Waals surface area contributed by atoms with Crippen molar-refractivity contribution < 1.29 is 23.9 Å². The molecule has 136 valence electrons. The van der Waals surface area contributed by atoms with Crippen molar-refractivity contribution in [3.05, 3.63) is 0 Å². The van der Waals surface area contributed by atoms with Crippen LogP contribution in [0.25, 0.3) is 0 Å². The van der Waals surface area contributed by atoms with E-state index in [2.05, 4.69) is 0 Å². The predicted molar refractivity (Wildman–Crippen MR) is 88.5 cm³/mol. The number of nitrogens with zero attached hydrogens (tertiary/aromatic N) is 1. The Hall–Kier alpha value is -1.59. The monoisotopic (exact) mass is 339 g/mol. The molecule has 0 aromatic heterocycles. The summed E-state index contributed by atoms with van der Waals surface area (Å²) in [5.74, 6) is 0.366. The van der Waals surface area contributed by atoms with Crippen LogP contribution in [0.2, 0.25) is 0 Å². The number of ether oxygens (including phenoxy) is 2. The topological polar surface area (TPSA) is 72.9 Å². The molecule has 1 amide bonds. The van der Waals surface area contributed by atoms with E-state index in [-0.39, 0.29) is 12.0 Å². The smallest absolute Gasteiger partial charge is 0.411 e. The van der Waals surface area contributed by atoms with Crippen molar-refractivity contribution in [1.29, 1.82) is 0 Å². The van der Waals surface area contributed by atoms with E-state index in [1.165, 1.54) is 7.11 Å². The van der Waals surface area contributed by atoms with Crippen molar-refractivity contribution in [3.63, 3.8) is 0 Å². The average molecular weight is 339 g/mol. The fourth-order valence-corrected chi connectivity index (χ4v) is 3.69. The summed E-state index contributed by atoms with van der Waals surface area (Å²) in [4.78, 5) is 37.7. The number of Topliss-reactive ketones (excluding diaryl/α,β-unsaturated/α-hetero) is 1. The Bertz CT molecular complexity index is 486. The van der Waals surface area contributed by atoms with Crippen LogP contribution in [0.1, 0.15) is 65.7 Å². The van der Waals surface area contributed by atoms with Gasteiger partial charge in [-0.1, -0.05) is 0 Å². The van der Waals surface area contributed by atoms with Crippen LogP contribution in [0.4, 0.5) is 4.79 Å². The number of carbonyl (C=O) groups excluding carboxylic acids is 3. The van der Waals surface area contributed by atoms with Crippen LogP contribution in [0, 0.1) is 5.92 Å². The second-order valence-corrected chi connectivity index (χ2v) is 7.88. The number of rotatable bonds is 3. The van der Waals surface area contributed by atoms with Crippen molar-refractivity contribution in [3.8, 4) is 0 Å². The Morgan fingerprint density at radius 1 is 1.12 bits per heavy atom. The highest BCUT2D eigenvalue weighted by Gasteiger charge is 2.44. The molecule has 0 radical (unpaired) electrons. The normalized spacial score (nSPS) is 25.7. The van der Waals surface area contributed by atoms with Crippen LogP contribution >= 0.6 is 0 Å². The lowest BCUT2D eigenvalue weighted by atomic mass is 9.84. The first-order chi connectivity index (χ1) is 11.2. The maximum absolute atomic E-state index is 12.6. The Morgan fingerprint density at radius 2 is 1.75 bits per heavy atom. The van der Waals surface area contributed by atoms with Gasteiger partial charge < -0.3 is 9.47 Å². The third-order valence-electron chi connectivity index (χ3n) is 4.85. The fraction of sp³-hybridized carbons (Fsp3) is 0.833. The number of ketones is 1. The molecule has 1 saturated carbocycles.